The van der Waals surface area contributed by atoms with E-state index in [-0.39, 0.29) is 6.73 Å². The molecule has 4 nitrogen and oxygen atoms in total. The Labute approximate surface area is 76.6 Å². The van der Waals surface area contributed by atoms with Gasteiger partial charge in [0, 0.05) is 6.17 Å². The van der Waals surface area contributed by atoms with Crippen LogP contribution in [0.3, 0.4) is 0 Å². The lowest BCUT2D eigenvalue weighted by atomic mass is 11.4. The van der Waals surface area contributed by atoms with E-state index in [1.807, 2.05) is 13.1 Å². The molecule has 0 bridgehead atoms. The average Bonchev–Trinajstić information content (AvgIpc) is 1.85. The van der Waals surface area contributed by atoms with E-state index < -0.39 is 16.9 Å². The molecule has 0 aliphatic heterocycles. The molecule has 74 valence electrons. The Morgan fingerprint density at radius 3 is 1.92 bits per heavy atom. The van der Waals surface area contributed by atoms with Crippen molar-refractivity contribution in [3.8, 4) is 0 Å². The van der Waals surface area contributed by atoms with Crippen LogP contribution < -0.4 is 11.5 Å². The third-order valence-electron chi connectivity index (χ3n) is 1.44. The lowest BCUT2D eigenvalue weighted by molar-refractivity contribution is 0.254. The molecule has 0 unspecified atom stereocenters. The number of hydrogen-bond acceptors (Lipinski definition) is 4. The molecule has 0 aliphatic carbocycles. The number of hydrogen-bond donors (Lipinski definition) is 2. The van der Waals surface area contributed by atoms with Crippen LogP contribution in [0.5, 0.6) is 0 Å². The fourth-order valence-corrected chi connectivity index (χ4v) is 7.23. The summed E-state index contributed by atoms with van der Waals surface area (Å²) in [6, 6.07) is 0. The first-order chi connectivity index (χ1) is 5.33. The predicted octanol–water partition coefficient (Wildman–Crippen LogP) is 0.341. The first-order valence-corrected chi connectivity index (χ1v) is 10.0. The van der Waals surface area contributed by atoms with Crippen LogP contribution in [0.15, 0.2) is 0 Å². The van der Waals surface area contributed by atoms with Gasteiger partial charge in [0.05, 0.1) is 6.73 Å². The van der Waals surface area contributed by atoms with Gasteiger partial charge in [0.25, 0.3) is 0 Å². The van der Waals surface area contributed by atoms with Crippen molar-refractivity contribution >= 4 is 16.9 Å². The minimum absolute atomic E-state index is 0.230. The Morgan fingerprint density at radius 2 is 1.58 bits per heavy atom. The Hall–Kier alpha value is 0.274. The van der Waals surface area contributed by atoms with E-state index in [9.17, 15) is 0 Å². The summed E-state index contributed by atoms with van der Waals surface area (Å²) < 4.78 is 11.2. The monoisotopic (exact) mass is 208 g/mol. The van der Waals surface area contributed by atoms with Crippen LogP contribution in [0, 0.1) is 0 Å². The zero-order chi connectivity index (χ0) is 9.83. The minimum atomic E-state index is -2.00. The summed E-state index contributed by atoms with van der Waals surface area (Å²) in [6.07, 6.45) is 0.622. The summed E-state index contributed by atoms with van der Waals surface area (Å²) in [5.74, 6) is 0. The Balaban J connectivity index is 4.04. The van der Waals surface area contributed by atoms with Crippen molar-refractivity contribution in [1.29, 1.82) is 0 Å². The van der Waals surface area contributed by atoms with Crippen molar-refractivity contribution in [2.75, 3.05) is 12.9 Å². The van der Waals surface area contributed by atoms with Gasteiger partial charge in [0.15, 0.2) is 8.32 Å². The van der Waals surface area contributed by atoms with Crippen molar-refractivity contribution in [1.82, 2.24) is 0 Å². The standard InChI is InChI=1S/C6H20N2O2Si2/c1-11(2,6-8)10-12(3,4)9-5-7/h5-8H2,1-4H3. The molecule has 12 heavy (non-hydrogen) atoms. The Morgan fingerprint density at radius 1 is 1.08 bits per heavy atom. The first kappa shape index (κ1) is 12.3. The van der Waals surface area contributed by atoms with Crippen LogP contribution in [0.4, 0.5) is 0 Å². The maximum atomic E-state index is 5.87. The molecule has 0 heterocycles. The Bertz CT molecular complexity index is 142. The highest BCUT2D eigenvalue weighted by molar-refractivity contribution is 6.82. The minimum Gasteiger partial charge on any atom is -0.435 e. The molecule has 0 saturated carbocycles. The predicted molar refractivity (Wildman–Crippen MR) is 55.2 cm³/mol. The van der Waals surface area contributed by atoms with Crippen molar-refractivity contribution in [3.63, 3.8) is 0 Å². The first-order valence-electron chi connectivity index (χ1n) is 4.07. The second kappa shape index (κ2) is 4.49. The van der Waals surface area contributed by atoms with Crippen molar-refractivity contribution in [2.24, 2.45) is 11.5 Å². The van der Waals surface area contributed by atoms with E-state index in [0.29, 0.717) is 6.17 Å². The fourth-order valence-electron chi connectivity index (χ4n) is 0.937. The van der Waals surface area contributed by atoms with Crippen molar-refractivity contribution in [3.05, 3.63) is 0 Å². The van der Waals surface area contributed by atoms with E-state index in [1.54, 1.807) is 0 Å². The summed E-state index contributed by atoms with van der Waals surface area (Å²) in [6.45, 7) is 8.38. The van der Waals surface area contributed by atoms with Crippen LogP contribution in [-0.4, -0.2) is 29.8 Å². The summed E-state index contributed by atoms with van der Waals surface area (Å²) in [5.41, 5.74) is 10.9. The maximum Gasteiger partial charge on any atom is 0.322 e. The normalized spacial score (nSPS) is 13.5. The number of nitrogens with two attached hydrogens (primary N) is 2. The van der Waals surface area contributed by atoms with E-state index in [2.05, 4.69) is 13.1 Å². The van der Waals surface area contributed by atoms with Gasteiger partial charge >= 0.3 is 8.56 Å². The lowest BCUT2D eigenvalue weighted by Gasteiger charge is -2.31. The highest BCUT2D eigenvalue weighted by Gasteiger charge is 2.33. The molecule has 4 N–H and O–H groups in total. The van der Waals surface area contributed by atoms with Gasteiger partial charge in [0.1, 0.15) is 0 Å². The molecule has 0 aromatic carbocycles. The molecule has 6 heteroatoms. The topological polar surface area (TPSA) is 70.5 Å². The molecular weight excluding hydrogens is 188 g/mol. The van der Waals surface area contributed by atoms with Gasteiger partial charge in [-0.15, -0.1) is 0 Å². The summed E-state index contributed by atoms with van der Waals surface area (Å²) in [5, 5.41) is 0. The molecule has 0 radical (unpaired) electrons. The van der Waals surface area contributed by atoms with E-state index in [4.69, 9.17) is 20.0 Å². The molecule has 0 saturated heterocycles. The lowest BCUT2D eigenvalue weighted by Crippen LogP contribution is -2.51. The van der Waals surface area contributed by atoms with Gasteiger partial charge in [-0.3, -0.25) is 0 Å². The van der Waals surface area contributed by atoms with Crippen LogP contribution >= 0.6 is 0 Å². The molecule has 0 rings (SSSR count). The van der Waals surface area contributed by atoms with Crippen LogP contribution in [-0.2, 0) is 8.54 Å². The zero-order valence-electron chi connectivity index (χ0n) is 8.39. The smallest absolute Gasteiger partial charge is 0.322 e. The largest absolute Gasteiger partial charge is 0.435 e. The van der Waals surface area contributed by atoms with Gasteiger partial charge in [-0.1, -0.05) is 0 Å². The Kier molecular flexibility index (Phi) is 4.60. The molecule has 0 atom stereocenters. The molecule has 0 aromatic heterocycles. The highest BCUT2D eigenvalue weighted by Crippen LogP contribution is 2.13. The zero-order valence-corrected chi connectivity index (χ0v) is 10.4. The summed E-state index contributed by atoms with van der Waals surface area (Å²) in [7, 11) is -3.69. The van der Waals surface area contributed by atoms with Gasteiger partial charge in [-0.2, -0.15) is 0 Å². The van der Waals surface area contributed by atoms with Crippen molar-refractivity contribution < 1.29 is 8.54 Å². The molecular formula is C6H20N2O2Si2. The third kappa shape index (κ3) is 5.01. The van der Waals surface area contributed by atoms with Gasteiger partial charge in [0.2, 0.25) is 0 Å². The molecule has 0 fully saturated rings. The molecule has 0 aliphatic rings. The maximum absolute atomic E-state index is 5.87. The van der Waals surface area contributed by atoms with Crippen molar-refractivity contribution in [2.45, 2.75) is 26.2 Å². The van der Waals surface area contributed by atoms with Gasteiger partial charge in [-0.25, -0.2) is 0 Å². The van der Waals surface area contributed by atoms with Crippen LogP contribution in [0.1, 0.15) is 0 Å². The molecule has 0 spiro atoms. The van der Waals surface area contributed by atoms with E-state index >= 15 is 0 Å². The average molecular weight is 208 g/mol. The van der Waals surface area contributed by atoms with Crippen LogP contribution in [0.25, 0.3) is 0 Å². The van der Waals surface area contributed by atoms with E-state index in [0.717, 1.165) is 0 Å². The van der Waals surface area contributed by atoms with E-state index in [1.165, 1.54) is 0 Å². The van der Waals surface area contributed by atoms with Gasteiger partial charge in [-0.05, 0) is 26.2 Å². The number of rotatable bonds is 5. The molecule has 0 aromatic rings. The van der Waals surface area contributed by atoms with Crippen LogP contribution in [0.2, 0.25) is 26.2 Å². The summed E-state index contributed by atoms with van der Waals surface area (Å²) in [4.78, 5) is 0. The highest BCUT2D eigenvalue weighted by atomic mass is 28.4. The third-order valence-corrected chi connectivity index (χ3v) is 7.47. The second-order valence-corrected chi connectivity index (χ2v) is 11.6. The second-order valence-electron chi connectivity index (χ2n) is 3.78. The fraction of sp³-hybridized carbons (Fsp3) is 1.00. The van der Waals surface area contributed by atoms with Gasteiger partial charge < -0.3 is 20.0 Å². The quantitative estimate of drug-likeness (QED) is 0.505. The SMILES string of the molecule is C[Si](C)(CN)O[Si](C)(C)OCN. The summed E-state index contributed by atoms with van der Waals surface area (Å²) >= 11 is 0. The molecule has 0 amide bonds.